The molecule has 0 amide bonds. The van der Waals surface area contributed by atoms with Crippen LogP contribution in [0.15, 0.2) is 35.7 Å². The summed E-state index contributed by atoms with van der Waals surface area (Å²) in [5, 5.41) is 1.46. The summed E-state index contributed by atoms with van der Waals surface area (Å²) >= 11 is 2.08. The highest BCUT2D eigenvalue weighted by atomic mass is 32.1. The van der Waals surface area contributed by atoms with E-state index in [-0.39, 0.29) is 49.3 Å². The highest BCUT2D eigenvalue weighted by Crippen LogP contribution is 2.45. The van der Waals surface area contributed by atoms with Gasteiger partial charge in [0.05, 0.1) is 43.2 Å². The Morgan fingerprint density at radius 2 is 1.73 bits per heavy atom. The molecule has 0 unspecified atom stereocenters. The first kappa shape index (κ1) is 22.9. The molecule has 0 radical (unpaired) electrons. The summed E-state index contributed by atoms with van der Waals surface area (Å²) < 4.78 is 57.6. The van der Waals surface area contributed by atoms with Gasteiger partial charge in [-0.1, -0.05) is 6.07 Å². The molecule has 172 valence electrons. The maximum atomic E-state index is 13.9. The zero-order valence-electron chi connectivity index (χ0n) is 17.6. The van der Waals surface area contributed by atoms with Gasteiger partial charge in [0, 0.05) is 10.9 Å². The lowest BCUT2D eigenvalue weighted by Gasteiger charge is -2.13. The number of anilines is 1. The Balaban J connectivity index is 1.92. The summed E-state index contributed by atoms with van der Waals surface area (Å²) in [5.74, 6) is 0.158. The number of methoxy groups -OCH3 is 3. The van der Waals surface area contributed by atoms with Crippen molar-refractivity contribution >= 4 is 44.4 Å². The topological polar surface area (TPSA) is 83.7 Å². The highest BCUT2D eigenvalue weighted by molar-refractivity contribution is 7.21. The molecule has 0 fully saturated rings. The van der Waals surface area contributed by atoms with Crippen molar-refractivity contribution in [3.8, 4) is 27.8 Å². The number of thiophene rings is 2. The van der Waals surface area contributed by atoms with E-state index >= 15 is 0 Å². The number of fused-ring (bicyclic) bond motifs is 1. The number of pyridine rings is 1. The van der Waals surface area contributed by atoms with E-state index in [1.807, 2.05) is 0 Å². The summed E-state index contributed by atoms with van der Waals surface area (Å²) in [7, 11) is 4.21. The van der Waals surface area contributed by atoms with Crippen LogP contribution in [0.3, 0.4) is 0 Å². The van der Waals surface area contributed by atoms with Crippen LogP contribution in [0.1, 0.15) is 20.8 Å². The van der Waals surface area contributed by atoms with Crippen molar-refractivity contribution in [2.75, 3.05) is 27.1 Å². The van der Waals surface area contributed by atoms with E-state index in [4.69, 9.17) is 19.9 Å². The van der Waals surface area contributed by atoms with Crippen LogP contribution >= 0.6 is 22.7 Å². The number of ether oxygens (including phenoxy) is 3. The predicted octanol–water partition coefficient (Wildman–Crippen LogP) is 5.88. The van der Waals surface area contributed by atoms with Crippen LogP contribution in [0.4, 0.5) is 18.9 Å². The Morgan fingerprint density at radius 3 is 2.24 bits per heavy atom. The van der Waals surface area contributed by atoms with E-state index < -0.39 is 17.5 Å². The van der Waals surface area contributed by atoms with Crippen molar-refractivity contribution in [3.63, 3.8) is 0 Å². The fourth-order valence-electron chi connectivity index (χ4n) is 3.41. The standard InChI is InChI=1S/C22H17F3N2O4S2/c1-29-13-7-10(8-14(30-2)19(13)31-3)18(28)20-17(26)16-11(22(23,24)25)9-12(27-21(16)33-20)15-5-4-6-32-15/h4-9H,26H2,1-3H3. The van der Waals surface area contributed by atoms with E-state index in [2.05, 4.69) is 4.98 Å². The van der Waals surface area contributed by atoms with Crippen molar-refractivity contribution in [1.82, 2.24) is 4.98 Å². The second-order valence-electron chi connectivity index (χ2n) is 6.80. The summed E-state index contributed by atoms with van der Waals surface area (Å²) in [6.45, 7) is 0. The number of rotatable bonds is 6. The van der Waals surface area contributed by atoms with Crippen molar-refractivity contribution in [2.24, 2.45) is 0 Å². The number of aromatic nitrogens is 1. The number of benzene rings is 1. The first-order valence-electron chi connectivity index (χ1n) is 9.38. The first-order chi connectivity index (χ1) is 15.7. The van der Waals surface area contributed by atoms with Crippen LogP contribution < -0.4 is 19.9 Å². The van der Waals surface area contributed by atoms with Gasteiger partial charge in [-0.15, -0.1) is 22.7 Å². The van der Waals surface area contributed by atoms with Crippen LogP contribution in [0, 0.1) is 0 Å². The SMILES string of the molecule is COc1cc(C(=O)c2sc3nc(-c4cccs4)cc(C(F)(F)F)c3c2N)cc(OC)c1OC. The minimum atomic E-state index is -4.69. The Labute approximate surface area is 194 Å². The molecular formula is C22H17F3N2O4S2. The van der Waals surface area contributed by atoms with E-state index in [9.17, 15) is 18.0 Å². The quantitative estimate of drug-likeness (QED) is 0.337. The van der Waals surface area contributed by atoms with Gasteiger partial charge in [-0.25, -0.2) is 4.98 Å². The van der Waals surface area contributed by atoms with Crippen LogP contribution in [0.5, 0.6) is 17.2 Å². The summed E-state index contributed by atoms with van der Waals surface area (Å²) in [6.07, 6.45) is -4.69. The average molecular weight is 495 g/mol. The molecular weight excluding hydrogens is 477 g/mol. The van der Waals surface area contributed by atoms with E-state index in [1.54, 1.807) is 17.5 Å². The Bertz CT molecular complexity index is 1320. The Kier molecular flexibility index (Phi) is 5.93. The van der Waals surface area contributed by atoms with Crippen LogP contribution in [-0.4, -0.2) is 32.1 Å². The van der Waals surface area contributed by atoms with Crippen LogP contribution in [0.2, 0.25) is 0 Å². The average Bonchev–Trinajstić information content (AvgIpc) is 3.44. The van der Waals surface area contributed by atoms with E-state index in [0.29, 0.717) is 4.88 Å². The molecule has 0 spiro atoms. The second-order valence-corrected chi connectivity index (χ2v) is 8.75. The molecule has 0 saturated carbocycles. The highest BCUT2D eigenvalue weighted by Gasteiger charge is 2.36. The van der Waals surface area contributed by atoms with Crippen molar-refractivity contribution < 1.29 is 32.2 Å². The third kappa shape index (κ3) is 3.98. The molecule has 3 heterocycles. The summed E-state index contributed by atoms with van der Waals surface area (Å²) in [5.41, 5.74) is 5.18. The molecule has 33 heavy (non-hydrogen) atoms. The molecule has 1 aromatic carbocycles. The molecule has 0 aliphatic rings. The fourth-order valence-corrected chi connectivity index (χ4v) is 5.18. The van der Waals surface area contributed by atoms with Gasteiger partial charge in [-0.05, 0) is 29.6 Å². The van der Waals surface area contributed by atoms with Gasteiger partial charge < -0.3 is 19.9 Å². The minimum Gasteiger partial charge on any atom is -0.493 e. The molecule has 4 aromatic rings. The van der Waals surface area contributed by atoms with Crippen LogP contribution in [-0.2, 0) is 6.18 Å². The molecule has 3 aromatic heterocycles. The number of nitrogens with two attached hydrogens (primary N) is 1. The number of ketones is 1. The normalized spacial score (nSPS) is 11.6. The summed E-state index contributed by atoms with van der Waals surface area (Å²) in [6, 6.07) is 7.20. The Morgan fingerprint density at radius 1 is 1.06 bits per heavy atom. The lowest BCUT2D eigenvalue weighted by atomic mass is 10.0. The van der Waals surface area contributed by atoms with E-state index in [0.717, 1.165) is 17.4 Å². The number of carbonyl (C=O) groups excluding carboxylic acids is 1. The van der Waals surface area contributed by atoms with Crippen molar-refractivity contribution in [1.29, 1.82) is 0 Å². The lowest BCUT2D eigenvalue weighted by Crippen LogP contribution is -2.08. The molecule has 4 rings (SSSR count). The predicted molar refractivity (Wildman–Crippen MR) is 122 cm³/mol. The zero-order valence-corrected chi connectivity index (χ0v) is 19.2. The molecule has 0 bridgehead atoms. The third-order valence-electron chi connectivity index (χ3n) is 4.91. The minimum absolute atomic E-state index is 0.0292. The third-order valence-corrected chi connectivity index (χ3v) is 6.90. The van der Waals surface area contributed by atoms with Gasteiger partial charge in [0.25, 0.3) is 0 Å². The Hall–Kier alpha value is -3.31. The second kappa shape index (κ2) is 8.56. The van der Waals surface area contributed by atoms with Crippen molar-refractivity contribution in [2.45, 2.75) is 6.18 Å². The smallest absolute Gasteiger partial charge is 0.417 e. The number of alkyl halides is 3. The molecule has 0 saturated heterocycles. The number of nitrogen functional groups attached to an aromatic ring is 1. The molecule has 0 aliphatic heterocycles. The maximum absolute atomic E-state index is 13.9. The molecule has 0 atom stereocenters. The van der Waals surface area contributed by atoms with Gasteiger partial charge in [0.15, 0.2) is 11.5 Å². The lowest BCUT2D eigenvalue weighted by molar-refractivity contribution is -0.136. The van der Waals surface area contributed by atoms with Crippen molar-refractivity contribution in [3.05, 3.63) is 51.7 Å². The molecule has 11 heteroatoms. The number of carbonyl (C=O) groups is 1. The maximum Gasteiger partial charge on any atom is 0.417 e. The number of hydrogen-bond acceptors (Lipinski definition) is 8. The fraction of sp³-hybridized carbons (Fsp3) is 0.182. The number of halogens is 3. The molecule has 0 aliphatic carbocycles. The van der Waals surface area contributed by atoms with Gasteiger partial charge in [-0.2, -0.15) is 13.2 Å². The zero-order chi connectivity index (χ0) is 23.9. The van der Waals surface area contributed by atoms with Gasteiger partial charge in [-0.3, -0.25) is 4.79 Å². The summed E-state index contributed by atoms with van der Waals surface area (Å²) in [4.78, 5) is 18.2. The van der Waals surface area contributed by atoms with Gasteiger partial charge in [0.1, 0.15) is 9.71 Å². The number of nitrogens with zero attached hydrogens (tertiary/aromatic N) is 1. The largest absolute Gasteiger partial charge is 0.493 e. The molecule has 2 N–H and O–H groups in total. The monoisotopic (exact) mass is 494 g/mol. The number of hydrogen-bond donors (Lipinski definition) is 1. The molecule has 6 nitrogen and oxygen atoms in total. The first-order valence-corrected chi connectivity index (χ1v) is 11.1. The van der Waals surface area contributed by atoms with E-state index in [1.165, 1.54) is 44.8 Å². The van der Waals surface area contributed by atoms with Crippen LogP contribution in [0.25, 0.3) is 20.8 Å². The van der Waals surface area contributed by atoms with Gasteiger partial charge in [0.2, 0.25) is 11.5 Å². The van der Waals surface area contributed by atoms with Gasteiger partial charge >= 0.3 is 6.18 Å².